The highest BCUT2D eigenvalue weighted by molar-refractivity contribution is 5.61. The molecule has 0 aromatic heterocycles. The smallest absolute Gasteiger partial charge is 0.402 e. The molecule has 0 aliphatic heterocycles. The first-order chi connectivity index (χ1) is 6.36. The first kappa shape index (κ1) is 15.3. The highest BCUT2D eigenvalue weighted by Crippen LogP contribution is 1.96. The zero-order valence-electron chi connectivity index (χ0n) is 7.15. The standard InChI is InChI=1S/C5H10O5.CH3NO2/c6-1-3(8)5(10)4(9)2-7;2-1(3)4/h1,3-5,7-10H,2H2;2H2,(H,3,4). The summed E-state index contributed by atoms with van der Waals surface area (Å²) >= 11 is 0. The van der Waals surface area contributed by atoms with Gasteiger partial charge in [-0.3, -0.25) is 0 Å². The Balaban J connectivity index is 0. The molecule has 0 saturated carbocycles. The molecule has 0 bridgehead atoms. The SMILES string of the molecule is NC(=O)O.O=CC(O)C(O)C(O)CO. The summed E-state index contributed by atoms with van der Waals surface area (Å²) < 4.78 is 0. The van der Waals surface area contributed by atoms with Crippen molar-refractivity contribution in [2.75, 3.05) is 6.61 Å². The number of rotatable bonds is 4. The molecule has 0 spiro atoms. The highest BCUT2D eigenvalue weighted by Gasteiger charge is 2.22. The Morgan fingerprint density at radius 3 is 1.93 bits per heavy atom. The Bertz CT molecular complexity index is 170. The maximum Gasteiger partial charge on any atom is 0.402 e. The van der Waals surface area contributed by atoms with Gasteiger partial charge in [0.25, 0.3) is 0 Å². The summed E-state index contributed by atoms with van der Waals surface area (Å²) in [4.78, 5) is 18.5. The Hall–Kier alpha value is -1.22. The molecule has 0 aromatic carbocycles. The van der Waals surface area contributed by atoms with Crippen molar-refractivity contribution in [1.29, 1.82) is 0 Å². The molecule has 0 saturated heterocycles. The topological polar surface area (TPSA) is 161 Å². The van der Waals surface area contributed by atoms with E-state index >= 15 is 0 Å². The Labute approximate surface area is 79.2 Å². The lowest BCUT2D eigenvalue weighted by molar-refractivity contribution is -0.127. The van der Waals surface area contributed by atoms with Gasteiger partial charge in [0, 0.05) is 0 Å². The second-order valence-electron chi connectivity index (χ2n) is 2.21. The van der Waals surface area contributed by atoms with Gasteiger partial charge in [-0.15, -0.1) is 0 Å². The summed E-state index contributed by atoms with van der Waals surface area (Å²) in [5, 5.41) is 41.2. The molecule has 7 N–H and O–H groups in total. The highest BCUT2D eigenvalue weighted by atomic mass is 16.4. The van der Waals surface area contributed by atoms with Gasteiger partial charge in [0.15, 0.2) is 6.29 Å². The van der Waals surface area contributed by atoms with Crippen LogP contribution in [0.3, 0.4) is 0 Å². The zero-order chi connectivity index (χ0) is 11.7. The van der Waals surface area contributed by atoms with E-state index in [4.69, 9.17) is 30.3 Å². The van der Waals surface area contributed by atoms with Gasteiger partial charge in [0.1, 0.15) is 18.3 Å². The van der Waals surface area contributed by atoms with Gasteiger partial charge in [0.2, 0.25) is 0 Å². The maximum absolute atomic E-state index is 9.76. The molecule has 8 nitrogen and oxygen atoms in total. The lowest BCUT2D eigenvalue weighted by Crippen LogP contribution is -2.40. The van der Waals surface area contributed by atoms with Gasteiger partial charge in [0.05, 0.1) is 6.61 Å². The molecule has 14 heavy (non-hydrogen) atoms. The van der Waals surface area contributed by atoms with Gasteiger partial charge in [-0.05, 0) is 0 Å². The van der Waals surface area contributed by atoms with Gasteiger partial charge < -0.3 is 36.1 Å². The summed E-state index contributed by atoms with van der Waals surface area (Å²) in [5.41, 5.74) is 4.03. The van der Waals surface area contributed by atoms with Crippen LogP contribution in [0, 0.1) is 0 Å². The fourth-order valence-electron chi connectivity index (χ4n) is 0.416. The normalized spacial score (nSPS) is 15.7. The van der Waals surface area contributed by atoms with E-state index in [1.165, 1.54) is 0 Å². The van der Waals surface area contributed by atoms with E-state index in [0.29, 0.717) is 0 Å². The third kappa shape index (κ3) is 8.87. The molecule has 0 heterocycles. The Morgan fingerprint density at radius 2 is 1.71 bits per heavy atom. The number of carbonyl (C=O) groups excluding carboxylic acids is 1. The van der Waals surface area contributed by atoms with Crippen LogP contribution in [0.25, 0.3) is 0 Å². The summed E-state index contributed by atoms with van der Waals surface area (Å²) in [6, 6.07) is 0. The number of aliphatic hydroxyl groups is 4. The fourth-order valence-corrected chi connectivity index (χ4v) is 0.416. The van der Waals surface area contributed by atoms with Gasteiger partial charge in [-0.1, -0.05) is 0 Å². The van der Waals surface area contributed by atoms with Crippen LogP contribution in [0.4, 0.5) is 4.79 Å². The van der Waals surface area contributed by atoms with Gasteiger partial charge in [-0.25, -0.2) is 4.79 Å². The predicted molar refractivity (Wildman–Crippen MR) is 43.4 cm³/mol. The van der Waals surface area contributed by atoms with Gasteiger partial charge >= 0.3 is 6.09 Å². The van der Waals surface area contributed by atoms with Crippen molar-refractivity contribution in [2.24, 2.45) is 5.73 Å². The van der Waals surface area contributed by atoms with Crippen LogP contribution >= 0.6 is 0 Å². The van der Waals surface area contributed by atoms with Crippen molar-refractivity contribution in [1.82, 2.24) is 0 Å². The number of hydrogen-bond acceptors (Lipinski definition) is 6. The van der Waals surface area contributed by atoms with Crippen LogP contribution in [0.1, 0.15) is 0 Å². The first-order valence-electron chi connectivity index (χ1n) is 3.45. The summed E-state index contributed by atoms with van der Waals surface area (Å²) in [7, 11) is 0. The largest absolute Gasteiger partial charge is 0.465 e. The van der Waals surface area contributed by atoms with Crippen molar-refractivity contribution in [3.63, 3.8) is 0 Å². The minimum Gasteiger partial charge on any atom is -0.465 e. The summed E-state index contributed by atoms with van der Waals surface area (Å²) in [6.45, 7) is -0.688. The number of aldehydes is 1. The molecule has 0 aromatic rings. The van der Waals surface area contributed by atoms with Crippen molar-refractivity contribution >= 4 is 12.4 Å². The van der Waals surface area contributed by atoms with Crippen LogP contribution < -0.4 is 5.73 Å². The number of carboxylic acid groups (broad SMARTS) is 1. The average Bonchev–Trinajstić information content (AvgIpc) is 2.13. The van der Waals surface area contributed by atoms with E-state index in [1.807, 2.05) is 0 Å². The van der Waals surface area contributed by atoms with Gasteiger partial charge in [-0.2, -0.15) is 0 Å². The van der Waals surface area contributed by atoms with Crippen LogP contribution in [-0.4, -0.2) is 62.8 Å². The fraction of sp³-hybridized carbons (Fsp3) is 0.667. The molecule has 3 atom stereocenters. The molecule has 84 valence electrons. The molecule has 0 aliphatic rings. The van der Waals surface area contributed by atoms with E-state index in [2.05, 4.69) is 5.73 Å². The second-order valence-corrected chi connectivity index (χ2v) is 2.21. The number of primary amides is 1. The van der Waals surface area contributed by atoms with Crippen LogP contribution in [0.2, 0.25) is 0 Å². The molecule has 0 rings (SSSR count). The Kier molecular flexibility index (Phi) is 9.14. The molecule has 8 heteroatoms. The minimum absolute atomic E-state index is 0.0869. The Morgan fingerprint density at radius 1 is 1.36 bits per heavy atom. The predicted octanol–water partition coefficient (Wildman–Crippen LogP) is -3.12. The zero-order valence-corrected chi connectivity index (χ0v) is 7.15. The number of nitrogens with two attached hydrogens (primary N) is 1. The quantitative estimate of drug-likeness (QED) is 0.268. The van der Waals surface area contributed by atoms with Crippen LogP contribution in [-0.2, 0) is 4.79 Å². The first-order valence-corrected chi connectivity index (χ1v) is 3.45. The number of carbonyl (C=O) groups is 2. The van der Waals surface area contributed by atoms with Crippen LogP contribution in [0.15, 0.2) is 0 Å². The maximum atomic E-state index is 9.76. The third-order valence-electron chi connectivity index (χ3n) is 1.07. The number of hydrogen-bond donors (Lipinski definition) is 6. The molecule has 0 aliphatic carbocycles. The van der Waals surface area contributed by atoms with E-state index in [0.717, 1.165) is 0 Å². The van der Waals surface area contributed by atoms with E-state index in [1.54, 1.807) is 0 Å². The van der Waals surface area contributed by atoms with Crippen molar-refractivity contribution in [2.45, 2.75) is 18.3 Å². The number of amides is 1. The number of aliphatic hydroxyl groups excluding tert-OH is 4. The van der Waals surface area contributed by atoms with Crippen molar-refractivity contribution < 1.29 is 35.1 Å². The molecular weight excluding hydrogens is 198 g/mol. The molecule has 0 radical (unpaired) electrons. The van der Waals surface area contributed by atoms with E-state index in [-0.39, 0.29) is 6.29 Å². The summed E-state index contributed by atoms with van der Waals surface area (Å²) in [5.74, 6) is 0. The lowest BCUT2D eigenvalue weighted by atomic mass is 10.1. The minimum atomic E-state index is -1.64. The van der Waals surface area contributed by atoms with Crippen molar-refractivity contribution in [3.05, 3.63) is 0 Å². The van der Waals surface area contributed by atoms with Crippen molar-refractivity contribution in [3.8, 4) is 0 Å². The molecular formula is C6H13NO7. The molecule has 0 fully saturated rings. The molecule has 1 amide bonds. The lowest BCUT2D eigenvalue weighted by Gasteiger charge is -2.16. The second kappa shape index (κ2) is 8.38. The van der Waals surface area contributed by atoms with E-state index in [9.17, 15) is 4.79 Å². The van der Waals surface area contributed by atoms with E-state index < -0.39 is 31.0 Å². The monoisotopic (exact) mass is 211 g/mol. The van der Waals surface area contributed by atoms with Crippen LogP contribution in [0.5, 0.6) is 0 Å². The third-order valence-corrected chi connectivity index (χ3v) is 1.07. The summed E-state index contributed by atoms with van der Waals surface area (Å²) in [6.07, 6.45) is -5.96. The average molecular weight is 211 g/mol. The molecule has 3 unspecified atom stereocenters.